The molecular formula is C22H21N3O3. The van der Waals surface area contributed by atoms with Crippen LogP contribution in [0.1, 0.15) is 33.3 Å². The van der Waals surface area contributed by atoms with Crippen molar-refractivity contribution in [2.24, 2.45) is 0 Å². The summed E-state index contributed by atoms with van der Waals surface area (Å²) in [6.45, 7) is 2.08. The summed E-state index contributed by atoms with van der Waals surface area (Å²) >= 11 is 0. The number of amides is 1. The van der Waals surface area contributed by atoms with Crippen molar-refractivity contribution < 1.29 is 14.3 Å². The van der Waals surface area contributed by atoms with E-state index in [1.807, 2.05) is 30.3 Å². The molecule has 1 aromatic heterocycles. The van der Waals surface area contributed by atoms with Crippen LogP contribution in [0.5, 0.6) is 0 Å². The molecule has 0 aliphatic rings. The number of carbonyl (C=O) groups excluding carboxylic acids is 2. The molecule has 0 atom stereocenters. The normalized spacial score (nSPS) is 10.2. The SMILES string of the molecule is CCc1ccc(NC(=O)c2ccc(Nc3cccc(C(=O)OC)c3)cn2)cc1. The number of hydrogen-bond donors (Lipinski definition) is 2. The summed E-state index contributed by atoms with van der Waals surface area (Å²) in [7, 11) is 1.34. The number of ether oxygens (including phenoxy) is 1. The summed E-state index contributed by atoms with van der Waals surface area (Å²) < 4.78 is 4.72. The van der Waals surface area contributed by atoms with Gasteiger partial charge in [-0.3, -0.25) is 4.79 Å². The van der Waals surface area contributed by atoms with Gasteiger partial charge >= 0.3 is 5.97 Å². The third-order valence-corrected chi connectivity index (χ3v) is 4.19. The van der Waals surface area contributed by atoms with Crippen molar-refractivity contribution in [2.45, 2.75) is 13.3 Å². The minimum atomic E-state index is -0.402. The van der Waals surface area contributed by atoms with Crippen molar-refractivity contribution in [3.8, 4) is 0 Å². The van der Waals surface area contributed by atoms with E-state index in [4.69, 9.17) is 4.74 Å². The average Bonchev–Trinajstić information content (AvgIpc) is 2.74. The van der Waals surface area contributed by atoms with E-state index in [0.29, 0.717) is 16.9 Å². The van der Waals surface area contributed by atoms with Crippen molar-refractivity contribution in [2.75, 3.05) is 17.7 Å². The number of nitrogens with one attached hydrogen (secondary N) is 2. The molecule has 2 N–H and O–H groups in total. The van der Waals surface area contributed by atoms with Crippen molar-refractivity contribution in [1.82, 2.24) is 4.98 Å². The maximum Gasteiger partial charge on any atom is 0.337 e. The summed E-state index contributed by atoms with van der Waals surface area (Å²) in [5, 5.41) is 5.98. The third kappa shape index (κ3) is 4.73. The van der Waals surface area contributed by atoms with Gasteiger partial charge < -0.3 is 15.4 Å². The number of rotatable bonds is 6. The molecule has 2 aromatic carbocycles. The first kappa shape index (κ1) is 19.1. The summed E-state index contributed by atoms with van der Waals surface area (Å²) in [4.78, 5) is 28.2. The summed E-state index contributed by atoms with van der Waals surface area (Å²) in [6.07, 6.45) is 2.52. The first-order valence-corrected chi connectivity index (χ1v) is 8.91. The zero-order valence-electron chi connectivity index (χ0n) is 15.7. The van der Waals surface area contributed by atoms with E-state index in [-0.39, 0.29) is 5.91 Å². The molecule has 0 aliphatic carbocycles. The molecule has 142 valence electrons. The quantitative estimate of drug-likeness (QED) is 0.623. The Balaban J connectivity index is 1.65. The third-order valence-electron chi connectivity index (χ3n) is 4.19. The molecule has 0 radical (unpaired) electrons. The molecule has 1 heterocycles. The van der Waals surface area contributed by atoms with Crippen LogP contribution < -0.4 is 10.6 Å². The molecule has 0 saturated carbocycles. The van der Waals surface area contributed by atoms with Crippen molar-refractivity contribution in [3.05, 3.63) is 83.7 Å². The van der Waals surface area contributed by atoms with E-state index in [2.05, 4.69) is 22.5 Å². The van der Waals surface area contributed by atoms with E-state index in [0.717, 1.165) is 17.8 Å². The number of aromatic nitrogens is 1. The highest BCUT2D eigenvalue weighted by Crippen LogP contribution is 2.18. The van der Waals surface area contributed by atoms with Crippen LogP contribution in [0.2, 0.25) is 0 Å². The standard InChI is InChI=1S/C22H21N3O3/c1-3-15-7-9-17(10-8-15)25-21(26)20-12-11-19(14-23-20)24-18-6-4-5-16(13-18)22(27)28-2/h4-14,24H,3H2,1-2H3,(H,25,26). The highest BCUT2D eigenvalue weighted by Gasteiger charge is 2.09. The van der Waals surface area contributed by atoms with Crippen LogP contribution in [-0.2, 0) is 11.2 Å². The number of benzene rings is 2. The van der Waals surface area contributed by atoms with Crippen molar-refractivity contribution >= 4 is 28.9 Å². The van der Waals surface area contributed by atoms with Crippen LogP contribution in [0.15, 0.2) is 66.9 Å². The Morgan fingerprint density at radius 3 is 2.36 bits per heavy atom. The zero-order valence-corrected chi connectivity index (χ0v) is 15.7. The van der Waals surface area contributed by atoms with Crippen LogP contribution in [0.25, 0.3) is 0 Å². The van der Waals surface area contributed by atoms with E-state index in [9.17, 15) is 9.59 Å². The number of hydrogen-bond acceptors (Lipinski definition) is 5. The molecule has 0 aliphatic heterocycles. The van der Waals surface area contributed by atoms with Gasteiger partial charge in [0.2, 0.25) is 0 Å². The molecule has 6 heteroatoms. The molecular weight excluding hydrogens is 354 g/mol. The van der Waals surface area contributed by atoms with Gasteiger partial charge in [0.25, 0.3) is 5.91 Å². The minimum absolute atomic E-state index is 0.275. The number of methoxy groups -OCH3 is 1. The number of nitrogens with zero attached hydrogens (tertiary/aromatic N) is 1. The minimum Gasteiger partial charge on any atom is -0.465 e. The highest BCUT2D eigenvalue weighted by atomic mass is 16.5. The zero-order chi connectivity index (χ0) is 19.9. The summed E-state index contributed by atoms with van der Waals surface area (Å²) in [6, 6.07) is 18.1. The van der Waals surface area contributed by atoms with Gasteiger partial charge in [0.15, 0.2) is 0 Å². The maximum atomic E-state index is 12.3. The number of anilines is 3. The summed E-state index contributed by atoms with van der Waals surface area (Å²) in [5.74, 6) is -0.677. The Hall–Kier alpha value is -3.67. The van der Waals surface area contributed by atoms with E-state index in [1.54, 1.807) is 36.5 Å². The predicted octanol–water partition coefficient (Wildman–Crippen LogP) is 4.43. The molecule has 28 heavy (non-hydrogen) atoms. The molecule has 3 aromatic rings. The summed E-state index contributed by atoms with van der Waals surface area (Å²) in [5.41, 5.74) is 4.12. The number of pyridine rings is 1. The van der Waals surface area contributed by atoms with E-state index in [1.165, 1.54) is 12.7 Å². The van der Waals surface area contributed by atoms with Gasteiger partial charge in [-0.15, -0.1) is 0 Å². The predicted molar refractivity (Wildman–Crippen MR) is 109 cm³/mol. The second-order valence-electron chi connectivity index (χ2n) is 6.13. The van der Waals surface area contributed by atoms with Gasteiger partial charge in [0, 0.05) is 11.4 Å². The fraction of sp³-hybridized carbons (Fsp3) is 0.136. The second kappa shape index (κ2) is 8.81. The number of aryl methyl sites for hydroxylation is 1. The second-order valence-corrected chi connectivity index (χ2v) is 6.13. The Bertz CT molecular complexity index is 967. The van der Waals surface area contributed by atoms with Crippen molar-refractivity contribution in [3.63, 3.8) is 0 Å². The van der Waals surface area contributed by atoms with Gasteiger partial charge in [-0.25, -0.2) is 9.78 Å². The number of carbonyl (C=O) groups is 2. The molecule has 6 nitrogen and oxygen atoms in total. The molecule has 0 bridgehead atoms. The van der Waals surface area contributed by atoms with Gasteiger partial charge in [0.05, 0.1) is 24.6 Å². The lowest BCUT2D eigenvalue weighted by atomic mass is 10.1. The van der Waals surface area contributed by atoms with Crippen LogP contribution in [-0.4, -0.2) is 24.0 Å². The Morgan fingerprint density at radius 2 is 1.71 bits per heavy atom. The van der Waals surface area contributed by atoms with Crippen LogP contribution in [0, 0.1) is 0 Å². The van der Waals surface area contributed by atoms with Crippen LogP contribution >= 0.6 is 0 Å². The largest absolute Gasteiger partial charge is 0.465 e. The molecule has 1 amide bonds. The van der Waals surface area contributed by atoms with Gasteiger partial charge in [-0.05, 0) is 54.4 Å². The van der Waals surface area contributed by atoms with E-state index >= 15 is 0 Å². The van der Waals surface area contributed by atoms with Crippen LogP contribution in [0.3, 0.4) is 0 Å². The highest BCUT2D eigenvalue weighted by molar-refractivity contribution is 6.03. The smallest absolute Gasteiger partial charge is 0.337 e. The molecule has 0 saturated heterocycles. The Kier molecular flexibility index (Phi) is 6.01. The molecule has 0 unspecified atom stereocenters. The number of esters is 1. The van der Waals surface area contributed by atoms with E-state index < -0.39 is 5.97 Å². The van der Waals surface area contributed by atoms with Crippen LogP contribution in [0.4, 0.5) is 17.1 Å². The first-order valence-electron chi connectivity index (χ1n) is 8.91. The molecule has 3 rings (SSSR count). The fourth-order valence-electron chi connectivity index (χ4n) is 2.63. The average molecular weight is 375 g/mol. The molecule has 0 fully saturated rings. The first-order chi connectivity index (χ1) is 13.6. The topological polar surface area (TPSA) is 80.3 Å². The fourth-order valence-corrected chi connectivity index (χ4v) is 2.63. The lowest BCUT2D eigenvalue weighted by Gasteiger charge is -2.09. The molecule has 0 spiro atoms. The van der Waals surface area contributed by atoms with Gasteiger partial charge in [0.1, 0.15) is 5.69 Å². The monoisotopic (exact) mass is 375 g/mol. The lowest BCUT2D eigenvalue weighted by molar-refractivity contribution is 0.0600. The maximum absolute atomic E-state index is 12.3. The Morgan fingerprint density at radius 1 is 0.964 bits per heavy atom. The van der Waals surface area contributed by atoms with Crippen molar-refractivity contribution in [1.29, 1.82) is 0 Å². The van der Waals surface area contributed by atoms with Gasteiger partial charge in [-0.1, -0.05) is 25.1 Å². The Labute approximate surface area is 163 Å². The lowest BCUT2D eigenvalue weighted by Crippen LogP contribution is -2.13. The van der Waals surface area contributed by atoms with Gasteiger partial charge in [-0.2, -0.15) is 0 Å².